The van der Waals surface area contributed by atoms with Crippen LogP contribution in [0.4, 0.5) is 4.39 Å². The molecule has 162 valence electrons. The zero-order valence-corrected chi connectivity index (χ0v) is 17.9. The largest absolute Gasteiger partial charge is 0.346 e. The molecule has 4 rings (SSSR count). The summed E-state index contributed by atoms with van der Waals surface area (Å²) in [6.07, 6.45) is 5.41. The molecule has 3 aromatic heterocycles. The minimum absolute atomic E-state index is 0.141. The van der Waals surface area contributed by atoms with E-state index in [1.807, 2.05) is 13.8 Å². The van der Waals surface area contributed by atoms with Crippen molar-refractivity contribution >= 4 is 5.91 Å². The van der Waals surface area contributed by atoms with Gasteiger partial charge in [0.05, 0.1) is 29.8 Å². The van der Waals surface area contributed by atoms with E-state index in [1.54, 1.807) is 43.7 Å². The average molecular weight is 432 g/mol. The van der Waals surface area contributed by atoms with Gasteiger partial charge in [-0.15, -0.1) is 5.10 Å². The Bertz CT molecular complexity index is 1270. The van der Waals surface area contributed by atoms with Crippen LogP contribution in [0.3, 0.4) is 0 Å². The summed E-state index contributed by atoms with van der Waals surface area (Å²) >= 11 is 0. The van der Waals surface area contributed by atoms with Gasteiger partial charge in [-0.05, 0) is 54.1 Å². The second-order valence-electron chi connectivity index (χ2n) is 7.30. The summed E-state index contributed by atoms with van der Waals surface area (Å²) < 4.78 is 16.2. The summed E-state index contributed by atoms with van der Waals surface area (Å²) in [5.74, 6) is -0.217. The minimum atomic E-state index is -0.476. The Labute approximate surface area is 183 Å². The summed E-state index contributed by atoms with van der Waals surface area (Å²) in [7, 11) is 0. The highest BCUT2D eigenvalue weighted by Gasteiger charge is 2.16. The maximum absolute atomic E-state index is 14.7. The first-order valence-electron chi connectivity index (χ1n) is 10.1. The van der Waals surface area contributed by atoms with Crippen LogP contribution in [-0.4, -0.2) is 41.1 Å². The van der Waals surface area contributed by atoms with Crippen molar-refractivity contribution in [2.75, 3.05) is 0 Å². The number of halogens is 1. The molecule has 1 amide bonds. The quantitative estimate of drug-likeness (QED) is 0.499. The van der Waals surface area contributed by atoms with E-state index >= 15 is 0 Å². The van der Waals surface area contributed by atoms with Gasteiger partial charge in [-0.25, -0.2) is 4.39 Å². The van der Waals surface area contributed by atoms with E-state index in [4.69, 9.17) is 0 Å². The first-order valence-corrected chi connectivity index (χ1v) is 10.1. The van der Waals surface area contributed by atoms with Crippen LogP contribution in [0.25, 0.3) is 16.9 Å². The number of aryl methyl sites for hydroxylation is 3. The van der Waals surface area contributed by atoms with E-state index in [1.165, 1.54) is 10.7 Å². The van der Waals surface area contributed by atoms with Crippen molar-refractivity contribution in [3.63, 3.8) is 0 Å². The first-order chi connectivity index (χ1) is 15.4. The van der Waals surface area contributed by atoms with Crippen LogP contribution < -0.4 is 5.32 Å². The van der Waals surface area contributed by atoms with Crippen molar-refractivity contribution in [2.45, 2.75) is 33.7 Å². The molecule has 0 aliphatic carbocycles. The molecule has 0 bridgehead atoms. The van der Waals surface area contributed by atoms with Gasteiger partial charge in [0.2, 0.25) is 0 Å². The Morgan fingerprint density at radius 3 is 2.62 bits per heavy atom. The van der Waals surface area contributed by atoms with Gasteiger partial charge in [0, 0.05) is 29.9 Å². The molecular formula is C22H21FN8O. The predicted molar refractivity (Wildman–Crippen MR) is 114 cm³/mol. The number of rotatable bonds is 6. The Hall–Kier alpha value is -4.08. The number of hydrogen-bond acceptors (Lipinski definition) is 7. The summed E-state index contributed by atoms with van der Waals surface area (Å²) in [4.78, 5) is 25.6. The van der Waals surface area contributed by atoms with Gasteiger partial charge in [-0.1, -0.05) is 6.92 Å². The molecule has 0 aliphatic rings. The maximum Gasteiger partial charge on any atom is 0.251 e. The fraction of sp³-hybridized carbons (Fsp3) is 0.227. The Kier molecular flexibility index (Phi) is 5.93. The lowest BCUT2D eigenvalue weighted by Gasteiger charge is -2.12. The normalized spacial score (nSPS) is 10.9. The molecule has 0 saturated carbocycles. The molecule has 0 fully saturated rings. The number of nitrogens with zero attached hydrogens (tertiary/aromatic N) is 7. The van der Waals surface area contributed by atoms with Crippen molar-refractivity contribution in [3.05, 3.63) is 77.0 Å². The molecule has 9 nitrogen and oxygen atoms in total. The second kappa shape index (κ2) is 8.96. The van der Waals surface area contributed by atoms with Crippen LogP contribution in [0.1, 0.15) is 40.1 Å². The van der Waals surface area contributed by atoms with Crippen molar-refractivity contribution in [1.82, 2.24) is 40.5 Å². The lowest BCUT2D eigenvalue weighted by molar-refractivity contribution is 0.0950. The number of benzene rings is 1. The van der Waals surface area contributed by atoms with Crippen LogP contribution in [0.15, 0.2) is 42.9 Å². The average Bonchev–Trinajstić information content (AvgIpc) is 3.27. The molecule has 0 radical (unpaired) electrons. The van der Waals surface area contributed by atoms with E-state index in [9.17, 15) is 9.18 Å². The molecule has 3 heterocycles. The predicted octanol–water partition coefficient (Wildman–Crippen LogP) is 2.76. The molecule has 0 atom stereocenters. The number of nitrogens with one attached hydrogen (secondary N) is 1. The highest BCUT2D eigenvalue weighted by atomic mass is 19.1. The second-order valence-corrected chi connectivity index (χ2v) is 7.30. The zero-order valence-electron chi connectivity index (χ0n) is 17.9. The smallest absolute Gasteiger partial charge is 0.251 e. The summed E-state index contributed by atoms with van der Waals surface area (Å²) in [5.41, 5.74) is 3.55. The third-order valence-corrected chi connectivity index (χ3v) is 4.79. The standard InChI is InChI=1S/C22H21FN8O/c1-4-20-28-29-30-31(20)18-7-15(21-19(23)5-13(2)9-26-21)6-16(8-18)22(32)27-12-17-11-24-14(3)10-25-17/h5-11H,4,12H2,1-3H3,(H,27,32). The summed E-state index contributed by atoms with van der Waals surface area (Å²) in [5, 5.41) is 14.6. The number of pyridine rings is 1. The summed E-state index contributed by atoms with van der Waals surface area (Å²) in [6, 6.07) is 6.36. The Morgan fingerprint density at radius 2 is 1.91 bits per heavy atom. The van der Waals surface area contributed by atoms with Crippen molar-refractivity contribution < 1.29 is 9.18 Å². The van der Waals surface area contributed by atoms with E-state index in [2.05, 4.69) is 35.8 Å². The number of hydrogen-bond donors (Lipinski definition) is 1. The molecule has 1 N–H and O–H groups in total. The molecule has 0 spiro atoms. The van der Waals surface area contributed by atoms with E-state index in [-0.39, 0.29) is 18.1 Å². The molecule has 32 heavy (non-hydrogen) atoms. The third-order valence-electron chi connectivity index (χ3n) is 4.79. The van der Waals surface area contributed by atoms with Gasteiger partial charge in [0.25, 0.3) is 5.91 Å². The SMILES string of the molecule is CCc1nnnn1-c1cc(C(=O)NCc2cnc(C)cn2)cc(-c2ncc(C)cc2F)c1. The highest BCUT2D eigenvalue weighted by molar-refractivity contribution is 5.96. The molecular weight excluding hydrogens is 411 g/mol. The van der Waals surface area contributed by atoms with Crippen molar-refractivity contribution in [1.29, 1.82) is 0 Å². The van der Waals surface area contributed by atoms with Crippen molar-refractivity contribution in [2.24, 2.45) is 0 Å². The van der Waals surface area contributed by atoms with E-state index in [0.717, 1.165) is 5.69 Å². The third kappa shape index (κ3) is 4.48. The maximum atomic E-state index is 14.7. The van der Waals surface area contributed by atoms with Crippen LogP contribution in [-0.2, 0) is 13.0 Å². The van der Waals surface area contributed by atoms with E-state index < -0.39 is 5.82 Å². The summed E-state index contributed by atoms with van der Waals surface area (Å²) in [6.45, 7) is 5.72. The number of amides is 1. The van der Waals surface area contributed by atoms with Crippen LogP contribution in [0.5, 0.6) is 0 Å². The molecule has 10 heteroatoms. The zero-order chi connectivity index (χ0) is 22.7. The highest BCUT2D eigenvalue weighted by Crippen LogP contribution is 2.26. The van der Waals surface area contributed by atoms with Gasteiger partial charge in [0.1, 0.15) is 11.5 Å². The Balaban J connectivity index is 1.72. The van der Waals surface area contributed by atoms with Gasteiger partial charge >= 0.3 is 0 Å². The first kappa shape index (κ1) is 21.2. The van der Waals surface area contributed by atoms with Crippen LogP contribution in [0, 0.1) is 19.7 Å². The monoisotopic (exact) mass is 432 g/mol. The van der Waals surface area contributed by atoms with E-state index in [0.29, 0.717) is 40.3 Å². The van der Waals surface area contributed by atoms with Crippen LogP contribution in [0.2, 0.25) is 0 Å². The van der Waals surface area contributed by atoms with Gasteiger partial charge in [0.15, 0.2) is 5.82 Å². The minimum Gasteiger partial charge on any atom is -0.346 e. The molecule has 0 aliphatic heterocycles. The number of carbonyl (C=O) groups is 1. The van der Waals surface area contributed by atoms with Crippen molar-refractivity contribution in [3.8, 4) is 16.9 Å². The topological polar surface area (TPSA) is 111 Å². The number of carbonyl (C=O) groups excluding carboxylic acids is 1. The number of tetrazole rings is 1. The fourth-order valence-corrected chi connectivity index (χ4v) is 3.16. The lowest BCUT2D eigenvalue weighted by atomic mass is 10.0. The Morgan fingerprint density at radius 1 is 1.06 bits per heavy atom. The van der Waals surface area contributed by atoms with Gasteiger partial charge in [-0.2, -0.15) is 4.68 Å². The lowest BCUT2D eigenvalue weighted by Crippen LogP contribution is -2.23. The van der Waals surface area contributed by atoms with Gasteiger partial charge in [-0.3, -0.25) is 19.7 Å². The van der Waals surface area contributed by atoms with Crippen LogP contribution >= 0.6 is 0 Å². The van der Waals surface area contributed by atoms with Gasteiger partial charge < -0.3 is 5.32 Å². The number of aromatic nitrogens is 7. The molecule has 4 aromatic rings. The molecule has 0 saturated heterocycles. The molecule has 0 unspecified atom stereocenters. The fourth-order valence-electron chi connectivity index (χ4n) is 3.16. The molecule has 1 aromatic carbocycles.